The van der Waals surface area contributed by atoms with Crippen LogP contribution in [0.2, 0.25) is 0 Å². The van der Waals surface area contributed by atoms with Gasteiger partial charge in [-0.15, -0.1) is 11.8 Å². The Hall–Kier alpha value is -2.87. The maximum absolute atomic E-state index is 12.0. The summed E-state index contributed by atoms with van der Waals surface area (Å²) in [5.41, 5.74) is 1.10. The van der Waals surface area contributed by atoms with E-state index in [1.54, 1.807) is 36.0 Å². The maximum atomic E-state index is 12.0. The molecule has 0 heterocycles. The molecule has 0 bridgehead atoms. The summed E-state index contributed by atoms with van der Waals surface area (Å²) in [6.07, 6.45) is 1.95. The lowest BCUT2D eigenvalue weighted by Gasteiger charge is -2.14. The Morgan fingerprint density at radius 2 is 1.54 bits per heavy atom. The van der Waals surface area contributed by atoms with Crippen molar-refractivity contribution in [2.45, 2.75) is 11.4 Å². The molecule has 7 nitrogen and oxygen atoms in total. The van der Waals surface area contributed by atoms with Crippen molar-refractivity contribution in [2.24, 2.45) is 0 Å². The third kappa shape index (κ3) is 5.56. The molecule has 0 spiro atoms. The Labute approximate surface area is 168 Å². The van der Waals surface area contributed by atoms with Crippen LogP contribution < -0.4 is 19.5 Å². The average molecular weight is 405 g/mol. The van der Waals surface area contributed by atoms with Crippen molar-refractivity contribution < 1.29 is 28.5 Å². The fraction of sp³-hybridized carbons (Fsp3) is 0.300. The second-order valence-electron chi connectivity index (χ2n) is 5.60. The van der Waals surface area contributed by atoms with E-state index in [4.69, 9.17) is 18.9 Å². The van der Waals surface area contributed by atoms with Gasteiger partial charge in [-0.2, -0.15) is 0 Å². The van der Waals surface area contributed by atoms with Crippen LogP contribution in [0.15, 0.2) is 41.3 Å². The normalized spacial score (nSPS) is 10.1. The number of thioether (sulfide) groups is 1. The topological polar surface area (TPSA) is 83.1 Å². The van der Waals surface area contributed by atoms with Gasteiger partial charge in [-0.3, -0.25) is 4.79 Å². The summed E-state index contributed by atoms with van der Waals surface area (Å²) in [6, 6.07) is 10.4. The molecule has 0 fully saturated rings. The van der Waals surface area contributed by atoms with E-state index in [1.165, 1.54) is 21.3 Å². The van der Waals surface area contributed by atoms with Gasteiger partial charge in [-0.25, -0.2) is 4.79 Å². The number of carbonyl (C=O) groups excluding carboxylic acids is 2. The number of benzene rings is 2. The number of nitrogens with one attached hydrogen (secondary N) is 1. The molecule has 2 rings (SSSR count). The first-order valence-electron chi connectivity index (χ1n) is 8.39. The van der Waals surface area contributed by atoms with Gasteiger partial charge in [-0.1, -0.05) is 0 Å². The number of amides is 1. The smallest absolute Gasteiger partial charge is 0.338 e. The van der Waals surface area contributed by atoms with E-state index < -0.39 is 11.9 Å². The minimum Gasteiger partial charge on any atom is -0.496 e. The second kappa shape index (κ2) is 10.5. The van der Waals surface area contributed by atoms with Crippen molar-refractivity contribution in [2.75, 3.05) is 34.2 Å². The fourth-order valence-electron chi connectivity index (χ4n) is 2.42. The Morgan fingerprint density at radius 3 is 2.11 bits per heavy atom. The van der Waals surface area contributed by atoms with E-state index >= 15 is 0 Å². The molecule has 28 heavy (non-hydrogen) atoms. The summed E-state index contributed by atoms with van der Waals surface area (Å²) in [7, 11) is 4.58. The van der Waals surface area contributed by atoms with Crippen molar-refractivity contribution >= 4 is 23.6 Å². The van der Waals surface area contributed by atoms with Crippen LogP contribution in [0.4, 0.5) is 0 Å². The Bertz CT molecular complexity index is 822. The van der Waals surface area contributed by atoms with Gasteiger partial charge in [0.15, 0.2) is 18.1 Å². The van der Waals surface area contributed by atoms with E-state index in [1.807, 2.05) is 18.4 Å². The molecule has 1 N–H and O–H groups in total. The zero-order valence-corrected chi connectivity index (χ0v) is 17.1. The Kier molecular flexibility index (Phi) is 8.01. The largest absolute Gasteiger partial charge is 0.496 e. The van der Waals surface area contributed by atoms with Crippen LogP contribution in [0.25, 0.3) is 0 Å². The first-order valence-corrected chi connectivity index (χ1v) is 9.61. The third-order valence-corrected chi connectivity index (χ3v) is 4.67. The van der Waals surface area contributed by atoms with Gasteiger partial charge in [0, 0.05) is 23.1 Å². The van der Waals surface area contributed by atoms with Crippen LogP contribution in [-0.4, -0.2) is 46.1 Å². The molecule has 0 aromatic heterocycles. The predicted octanol–water partition coefficient (Wildman–Crippen LogP) is 2.91. The monoisotopic (exact) mass is 405 g/mol. The molecule has 0 atom stereocenters. The zero-order valence-electron chi connectivity index (χ0n) is 16.2. The third-order valence-electron chi connectivity index (χ3n) is 3.92. The average Bonchev–Trinajstić information content (AvgIpc) is 2.75. The van der Waals surface area contributed by atoms with Gasteiger partial charge < -0.3 is 24.3 Å². The van der Waals surface area contributed by atoms with Gasteiger partial charge in [0.25, 0.3) is 5.91 Å². The number of rotatable bonds is 9. The van der Waals surface area contributed by atoms with Gasteiger partial charge in [0.1, 0.15) is 5.75 Å². The molecule has 1 amide bonds. The van der Waals surface area contributed by atoms with Crippen LogP contribution in [0.3, 0.4) is 0 Å². The quantitative estimate of drug-likeness (QED) is 0.507. The lowest BCUT2D eigenvalue weighted by atomic mass is 10.1. The number of hydrogen-bond acceptors (Lipinski definition) is 7. The van der Waals surface area contributed by atoms with Crippen molar-refractivity contribution in [3.63, 3.8) is 0 Å². The number of hydrogen-bond donors (Lipinski definition) is 1. The molecule has 0 aliphatic rings. The van der Waals surface area contributed by atoms with E-state index in [0.717, 1.165) is 4.90 Å². The summed E-state index contributed by atoms with van der Waals surface area (Å²) in [6.45, 7) is -0.193. The van der Waals surface area contributed by atoms with Gasteiger partial charge in [0.05, 0.1) is 26.9 Å². The molecule has 0 unspecified atom stereocenters. The summed E-state index contributed by atoms with van der Waals surface area (Å²) >= 11 is 1.58. The Balaban J connectivity index is 1.92. The second-order valence-corrected chi connectivity index (χ2v) is 6.48. The minimum atomic E-state index is -0.550. The van der Waals surface area contributed by atoms with Crippen LogP contribution >= 0.6 is 11.8 Å². The first-order chi connectivity index (χ1) is 13.5. The van der Waals surface area contributed by atoms with Gasteiger partial charge in [-0.05, 0) is 36.6 Å². The molecular formula is C20H23NO6S. The summed E-state index contributed by atoms with van der Waals surface area (Å²) < 4.78 is 20.9. The highest BCUT2D eigenvalue weighted by atomic mass is 32.2. The number of esters is 1. The van der Waals surface area contributed by atoms with E-state index in [2.05, 4.69) is 5.32 Å². The molecule has 8 heteroatoms. The molecule has 0 saturated heterocycles. The molecule has 2 aromatic carbocycles. The molecule has 0 aliphatic heterocycles. The maximum Gasteiger partial charge on any atom is 0.338 e. The summed E-state index contributed by atoms with van der Waals surface area (Å²) in [5, 5.41) is 2.69. The summed E-state index contributed by atoms with van der Waals surface area (Å²) in [5.74, 6) is 0.616. The molecule has 0 saturated carbocycles. The standard InChI is InChI=1S/C20H23NO6S/c1-24-16-10-18(26-3)17(25-2)9-14(16)11-21-19(22)12-27-20(23)13-5-7-15(28-4)8-6-13/h5-10H,11-12H2,1-4H3,(H,21,22). The highest BCUT2D eigenvalue weighted by molar-refractivity contribution is 7.98. The van der Waals surface area contributed by atoms with Crippen LogP contribution in [0, 0.1) is 0 Å². The van der Waals surface area contributed by atoms with E-state index in [9.17, 15) is 9.59 Å². The van der Waals surface area contributed by atoms with Crippen molar-refractivity contribution in [3.05, 3.63) is 47.5 Å². The first kappa shape index (κ1) is 21.4. The van der Waals surface area contributed by atoms with Crippen molar-refractivity contribution in [1.29, 1.82) is 0 Å². The van der Waals surface area contributed by atoms with Crippen LogP contribution in [-0.2, 0) is 16.1 Å². The molecule has 150 valence electrons. The SMILES string of the molecule is COc1cc(OC)c(OC)cc1CNC(=O)COC(=O)c1ccc(SC)cc1. The van der Waals surface area contributed by atoms with Crippen molar-refractivity contribution in [3.8, 4) is 17.2 Å². The molecule has 0 radical (unpaired) electrons. The number of carbonyl (C=O) groups is 2. The highest BCUT2D eigenvalue weighted by Crippen LogP contribution is 2.34. The predicted molar refractivity (Wildman–Crippen MR) is 106 cm³/mol. The lowest BCUT2D eigenvalue weighted by molar-refractivity contribution is -0.124. The lowest BCUT2D eigenvalue weighted by Crippen LogP contribution is -2.28. The highest BCUT2D eigenvalue weighted by Gasteiger charge is 2.14. The molecule has 0 aliphatic carbocycles. The van der Waals surface area contributed by atoms with Gasteiger partial charge in [0.2, 0.25) is 0 Å². The van der Waals surface area contributed by atoms with Crippen LogP contribution in [0.5, 0.6) is 17.2 Å². The van der Waals surface area contributed by atoms with Crippen LogP contribution in [0.1, 0.15) is 15.9 Å². The summed E-state index contributed by atoms with van der Waals surface area (Å²) in [4.78, 5) is 25.1. The van der Waals surface area contributed by atoms with Gasteiger partial charge >= 0.3 is 5.97 Å². The minimum absolute atomic E-state index is 0.183. The number of methoxy groups -OCH3 is 3. The van der Waals surface area contributed by atoms with E-state index in [0.29, 0.717) is 28.4 Å². The zero-order chi connectivity index (χ0) is 20.5. The van der Waals surface area contributed by atoms with E-state index in [-0.39, 0.29) is 13.2 Å². The fourth-order valence-corrected chi connectivity index (χ4v) is 2.83. The molecular weight excluding hydrogens is 382 g/mol. The number of ether oxygens (including phenoxy) is 4. The molecule has 2 aromatic rings. The Morgan fingerprint density at radius 1 is 0.929 bits per heavy atom. The van der Waals surface area contributed by atoms with Crippen molar-refractivity contribution in [1.82, 2.24) is 5.32 Å².